The number of alkyl halides is 4. The molecule has 0 saturated heterocycles. The highest BCUT2D eigenvalue weighted by molar-refractivity contribution is 9.25. The van der Waals surface area contributed by atoms with Crippen molar-refractivity contribution in [2.24, 2.45) is 0 Å². The van der Waals surface area contributed by atoms with Crippen LogP contribution >= 0.6 is 31.9 Å². The third-order valence-corrected chi connectivity index (χ3v) is 0.575. The largest absolute Gasteiger partial charge is 0.246 e. The maximum absolute atomic E-state index is 11.6. The smallest absolute Gasteiger partial charge is 0.246 e. The second-order valence-corrected chi connectivity index (χ2v) is 4.33. The normalized spacial score (nSPS) is 12.0. The minimum Gasteiger partial charge on any atom is -0.246 e. The molecular formula is C2H2Br2F2. The fourth-order valence-electron chi connectivity index (χ4n) is 0. The maximum Gasteiger partial charge on any atom is 0.246 e. The Morgan fingerprint density at radius 2 is 1.67 bits per heavy atom. The van der Waals surface area contributed by atoms with Gasteiger partial charge >= 0.3 is 0 Å². The van der Waals surface area contributed by atoms with E-state index in [-0.39, 0.29) is 0 Å². The van der Waals surface area contributed by atoms with E-state index in [1.165, 1.54) is 0 Å². The van der Waals surface area contributed by atoms with Crippen LogP contribution in [0.5, 0.6) is 0 Å². The molecule has 0 unspecified atom stereocenters. The molecule has 0 aliphatic heterocycles. The van der Waals surface area contributed by atoms with Crippen molar-refractivity contribution < 1.29 is 8.78 Å². The summed E-state index contributed by atoms with van der Waals surface area (Å²) in [4.78, 5) is 0. The van der Waals surface area contributed by atoms with Crippen molar-refractivity contribution in [2.45, 2.75) is 3.49 Å². The van der Waals surface area contributed by atoms with E-state index in [1.54, 1.807) is 0 Å². The van der Waals surface area contributed by atoms with Crippen LogP contribution in [-0.2, 0) is 0 Å². The second kappa shape index (κ2) is 2.21. The number of hydrogen-bond donors (Lipinski definition) is 0. The quantitative estimate of drug-likeness (QED) is 0.599. The molecule has 0 aromatic heterocycles. The van der Waals surface area contributed by atoms with Crippen LogP contribution in [0.1, 0.15) is 0 Å². The second-order valence-electron chi connectivity index (χ2n) is 0.749. The molecule has 0 atom stereocenters. The zero-order chi connectivity index (χ0) is 5.21. The van der Waals surface area contributed by atoms with Crippen LogP contribution in [0.2, 0.25) is 0 Å². The van der Waals surface area contributed by atoms with E-state index in [0.717, 1.165) is 0 Å². The van der Waals surface area contributed by atoms with Gasteiger partial charge in [0.1, 0.15) is 6.67 Å². The molecule has 0 nitrogen and oxygen atoms in total. The zero-order valence-electron chi connectivity index (χ0n) is 2.72. The summed E-state index contributed by atoms with van der Waals surface area (Å²) in [6.07, 6.45) is 0. The first-order valence-electron chi connectivity index (χ1n) is 1.19. The minimum atomic E-state index is -2.00. The lowest BCUT2D eigenvalue weighted by atomic mass is 10.9. The van der Waals surface area contributed by atoms with Gasteiger partial charge in [0.2, 0.25) is 3.49 Å². The Bertz CT molecular complexity index is 39.3. The molecule has 0 spiro atoms. The minimum absolute atomic E-state index is 1.06. The summed E-state index contributed by atoms with van der Waals surface area (Å²) >= 11 is 4.70. The standard InChI is InChI=1S/C2H2Br2F2/c3-2(4,6)1-5/h1H2. The number of hydrogen-bond acceptors (Lipinski definition) is 0. The monoisotopic (exact) mass is 222 g/mol. The lowest BCUT2D eigenvalue weighted by Crippen LogP contribution is -2.02. The molecule has 38 valence electrons. The van der Waals surface area contributed by atoms with Gasteiger partial charge in [-0.3, -0.25) is 0 Å². The van der Waals surface area contributed by atoms with Crippen LogP contribution in [0.3, 0.4) is 0 Å². The molecule has 6 heavy (non-hydrogen) atoms. The summed E-state index contributed by atoms with van der Waals surface area (Å²) in [5.74, 6) is 0. The molecule has 0 amide bonds. The lowest BCUT2D eigenvalue weighted by molar-refractivity contribution is 0.331. The molecule has 0 N–H and O–H groups in total. The molecule has 4 heteroatoms. The van der Waals surface area contributed by atoms with Crippen molar-refractivity contribution in [3.05, 3.63) is 0 Å². The average Bonchev–Trinajstić information content (AvgIpc) is 1.35. The Kier molecular flexibility index (Phi) is 2.51. The first-order valence-corrected chi connectivity index (χ1v) is 2.77. The summed E-state index contributed by atoms with van der Waals surface area (Å²) in [6.45, 7) is -1.06. The summed E-state index contributed by atoms with van der Waals surface area (Å²) in [6, 6.07) is 0. The number of halogens is 4. The topological polar surface area (TPSA) is 0 Å². The predicted octanol–water partition coefficient (Wildman–Crippen LogP) is 2.37. The van der Waals surface area contributed by atoms with Crippen molar-refractivity contribution in [1.29, 1.82) is 0 Å². The highest BCUT2D eigenvalue weighted by atomic mass is 79.9. The molecule has 0 fully saturated rings. The van der Waals surface area contributed by atoms with Gasteiger partial charge in [-0.05, 0) is 31.9 Å². The predicted molar refractivity (Wildman–Crippen MR) is 27.7 cm³/mol. The Labute approximate surface area is 51.2 Å². The first-order chi connectivity index (χ1) is 2.56. The summed E-state index contributed by atoms with van der Waals surface area (Å²) in [7, 11) is 0. The van der Waals surface area contributed by atoms with Crippen LogP contribution in [-0.4, -0.2) is 10.2 Å². The highest BCUT2D eigenvalue weighted by Crippen LogP contribution is 2.27. The van der Waals surface area contributed by atoms with E-state index in [9.17, 15) is 8.78 Å². The molecule has 0 bridgehead atoms. The summed E-state index contributed by atoms with van der Waals surface area (Å²) in [5, 5.41) is 0. The van der Waals surface area contributed by atoms with Crippen LogP contribution in [0.15, 0.2) is 0 Å². The van der Waals surface area contributed by atoms with E-state index >= 15 is 0 Å². The van der Waals surface area contributed by atoms with Crippen LogP contribution in [0, 0.1) is 0 Å². The average molecular weight is 224 g/mol. The Hall–Kier alpha value is 0.820. The molecule has 0 aliphatic carbocycles. The van der Waals surface area contributed by atoms with Gasteiger partial charge in [0.15, 0.2) is 0 Å². The fraction of sp³-hybridized carbons (Fsp3) is 1.00. The van der Waals surface area contributed by atoms with E-state index in [1.807, 2.05) is 0 Å². The van der Waals surface area contributed by atoms with Crippen LogP contribution in [0.4, 0.5) is 8.78 Å². The molecular weight excluding hydrogens is 222 g/mol. The van der Waals surface area contributed by atoms with Crippen LogP contribution in [0.25, 0.3) is 0 Å². The highest BCUT2D eigenvalue weighted by Gasteiger charge is 2.18. The lowest BCUT2D eigenvalue weighted by Gasteiger charge is -1.98. The summed E-state index contributed by atoms with van der Waals surface area (Å²) < 4.78 is 20.6. The van der Waals surface area contributed by atoms with E-state index in [2.05, 4.69) is 31.9 Å². The Morgan fingerprint density at radius 3 is 1.67 bits per heavy atom. The molecule has 0 aromatic rings. The van der Waals surface area contributed by atoms with E-state index in [4.69, 9.17) is 0 Å². The van der Waals surface area contributed by atoms with Gasteiger partial charge in [-0.1, -0.05) is 0 Å². The van der Waals surface area contributed by atoms with Gasteiger partial charge in [0.25, 0.3) is 0 Å². The van der Waals surface area contributed by atoms with E-state index < -0.39 is 10.2 Å². The van der Waals surface area contributed by atoms with Crippen LogP contribution < -0.4 is 0 Å². The summed E-state index contributed by atoms with van der Waals surface area (Å²) in [5.41, 5.74) is 0. The van der Waals surface area contributed by atoms with Gasteiger partial charge in [-0.15, -0.1) is 0 Å². The third kappa shape index (κ3) is 4.82. The van der Waals surface area contributed by atoms with Gasteiger partial charge in [-0.25, -0.2) is 8.78 Å². The Balaban J connectivity index is 3.17. The maximum atomic E-state index is 11.6. The fourth-order valence-corrected chi connectivity index (χ4v) is 0. The first kappa shape index (κ1) is 6.82. The molecule has 0 heterocycles. The van der Waals surface area contributed by atoms with Crippen molar-refractivity contribution >= 4 is 31.9 Å². The molecule has 0 saturated carbocycles. The zero-order valence-corrected chi connectivity index (χ0v) is 5.89. The van der Waals surface area contributed by atoms with Gasteiger partial charge < -0.3 is 0 Å². The van der Waals surface area contributed by atoms with Gasteiger partial charge in [0.05, 0.1) is 0 Å². The third-order valence-electron chi connectivity index (χ3n) is 0.152. The number of rotatable bonds is 1. The van der Waals surface area contributed by atoms with Gasteiger partial charge in [-0.2, -0.15) is 0 Å². The molecule has 0 aromatic carbocycles. The van der Waals surface area contributed by atoms with E-state index in [0.29, 0.717) is 0 Å². The SMILES string of the molecule is FCC(F)(Br)Br. The molecule has 0 rings (SSSR count). The molecule has 0 aliphatic rings. The van der Waals surface area contributed by atoms with Crippen molar-refractivity contribution in [3.63, 3.8) is 0 Å². The van der Waals surface area contributed by atoms with Crippen molar-refractivity contribution in [2.75, 3.05) is 6.67 Å². The van der Waals surface area contributed by atoms with Crippen molar-refractivity contribution in [3.8, 4) is 0 Å². The van der Waals surface area contributed by atoms with Crippen molar-refractivity contribution in [1.82, 2.24) is 0 Å². The Morgan fingerprint density at radius 1 is 1.50 bits per heavy atom. The van der Waals surface area contributed by atoms with Gasteiger partial charge in [0, 0.05) is 0 Å². The molecule has 0 radical (unpaired) electrons.